The summed E-state index contributed by atoms with van der Waals surface area (Å²) in [6, 6.07) is 8.90. The molecule has 1 aromatic carbocycles. The molecule has 1 aromatic rings. The van der Waals surface area contributed by atoms with E-state index in [9.17, 15) is 4.79 Å². The summed E-state index contributed by atoms with van der Waals surface area (Å²) in [5, 5.41) is 2.35. The third-order valence-corrected chi connectivity index (χ3v) is 1.16. The van der Waals surface area contributed by atoms with E-state index in [1.54, 1.807) is 24.3 Å². The molecule has 0 saturated carbocycles. The number of hydrogen-bond donors (Lipinski definition) is 1. The first-order valence-corrected chi connectivity index (χ1v) is 4.27. The summed E-state index contributed by atoms with van der Waals surface area (Å²) in [6.07, 6.45) is -0.448. The summed E-state index contributed by atoms with van der Waals surface area (Å²) in [7, 11) is 1.52. The maximum atomic E-state index is 10.6. The molecule has 0 saturated heterocycles. The van der Waals surface area contributed by atoms with Crippen molar-refractivity contribution in [2.45, 2.75) is 13.8 Å². The Hall–Kier alpha value is -1.51. The quantitative estimate of drug-likeness (QED) is 0.722. The molecule has 0 aromatic heterocycles. The van der Waals surface area contributed by atoms with Crippen molar-refractivity contribution in [1.29, 1.82) is 0 Å². The molecule has 3 nitrogen and oxygen atoms in total. The zero-order chi connectivity index (χ0) is 10.1. The minimum absolute atomic E-state index is 0.448. The van der Waals surface area contributed by atoms with E-state index in [-0.39, 0.29) is 0 Å². The van der Waals surface area contributed by atoms with Crippen LogP contribution in [0.3, 0.4) is 0 Å². The van der Waals surface area contributed by atoms with Crippen LogP contribution in [0.25, 0.3) is 0 Å². The molecule has 0 aliphatic carbocycles. The minimum Gasteiger partial charge on any atom is -0.410 e. The average Bonchev–Trinajstić information content (AvgIpc) is 2.22. The molecule has 1 amide bonds. The second kappa shape index (κ2) is 7.16. The molecule has 0 fully saturated rings. The highest BCUT2D eigenvalue weighted by Gasteiger charge is 1.97. The number of ether oxygens (including phenoxy) is 1. The number of carbonyl (C=O) groups excluding carboxylic acids is 1. The van der Waals surface area contributed by atoms with Gasteiger partial charge in [0.25, 0.3) is 0 Å². The average molecular weight is 181 g/mol. The van der Waals surface area contributed by atoms with E-state index in [1.807, 2.05) is 19.9 Å². The van der Waals surface area contributed by atoms with Crippen molar-refractivity contribution in [3.8, 4) is 5.75 Å². The fourth-order valence-corrected chi connectivity index (χ4v) is 0.647. The van der Waals surface area contributed by atoms with E-state index in [2.05, 4.69) is 5.32 Å². The van der Waals surface area contributed by atoms with Gasteiger partial charge < -0.3 is 10.1 Å². The SMILES string of the molecule is CC.CNC(=O)Oc1ccccc1. The van der Waals surface area contributed by atoms with Crippen molar-refractivity contribution < 1.29 is 9.53 Å². The van der Waals surface area contributed by atoms with Gasteiger partial charge in [0, 0.05) is 7.05 Å². The fraction of sp³-hybridized carbons (Fsp3) is 0.300. The fourth-order valence-electron chi connectivity index (χ4n) is 0.647. The molecule has 0 aliphatic rings. The summed E-state index contributed by atoms with van der Waals surface area (Å²) >= 11 is 0. The summed E-state index contributed by atoms with van der Waals surface area (Å²) in [4.78, 5) is 10.6. The number of benzene rings is 1. The van der Waals surface area contributed by atoms with Crippen LogP contribution in [0.5, 0.6) is 5.75 Å². The Balaban J connectivity index is 0.000000671. The molecule has 0 unspecified atom stereocenters. The van der Waals surface area contributed by atoms with Crippen LogP contribution in [0.4, 0.5) is 4.79 Å². The number of amides is 1. The largest absolute Gasteiger partial charge is 0.412 e. The summed E-state index contributed by atoms with van der Waals surface area (Å²) in [6.45, 7) is 4.00. The first-order chi connectivity index (χ1) is 6.33. The van der Waals surface area contributed by atoms with Gasteiger partial charge in [0.05, 0.1) is 0 Å². The van der Waals surface area contributed by atoms with Crippen molar-refractivity contribution in [2.24, 2.45) is 0 Å². The molecule has 0 bridgehead atoms. The van der Waals surface area contributed by atoms with Crippen LogP contribution in [0.1, 0.15) is 13.8 Å². The maximum Gasteiger partial charge on any atom is 0.412 e. The molecule has 3 heteroatoms. The van der Waals surface area contributed by atoms with Gasteiger partial charge >= 0.3 is 6.09 Å². The Morgan fingerprint density at radius 1 is 1.23 bits per heavy atom. The molecule has 1 N–H and O–H groups in total. The smallest absolute Gasteiger partial charge is 0.410 e. The Bertz CT molecular complexity index is 234. The zero-order valence-electron chi connectivity index (χ0n) is 8.20. The number of nitrogens with one attached hydrogen (secondary N) is 1. The topological polar surface area (TPSA) is 38.3 Å². The Morgan fingerprint density at radius 2 is 1.77 bits per heavy atom. The van der Waals surface area contributed by atoms with Crippen molar-refractivity contribution in [2.75, 3.05) is 7.05 Å². The molecule has 0 aliphatic heterocycles. The standard InChI is InChI=1S/C8H9NO2.C2H6/c1-9-8(10)11-7-5-3-2-4-6-7;1-2/h2-6H,1H3,(H,9,10);1-2H3. The van der Waals surface area contributed by atoms with Gasteiger partial charge in [-0.25, -0.2) is 4.79 Å². The van der Waals surface area contributed by atoms with E-state index in [0.717, 1.165) is 0 Å². The molecular formula is C10H15NO2. The lowest BCUT2D eigenvalue weighted by atomic mass is 10.3. The van der Waals surface area contributed by atoms with E-state index in [1.165, 1.54) is 7.05 Å². The monoisotopic (exact) mass is 181 g/mol. The number of hydrogen-bond acceptors (Lipinski definition) is 2. The van der Waals surface area contributed by atoms with Crippen LogP contribution in [0.15, 0.2) is 30.3 Å². The van der Waals surface area contributed by atoms with Crippen molar-refractivity contribution >= 4 is 6.09 Å². The molecule has 1 rings (SSSR count). The number of para-hydroxylation sites is 1. The zero-order valence-corrected chi connectivity index (χ0v) is 8.20. The van der Waals surface area contributed by atoms with E-state index in [0.29, 0.717) is 5.75 Å². The maximum absolute atomic E-state index is 10.6. The second-order valence-electron chi connectivity index (χ2n) is 1.95. The number of rotatable bonds is 1. The first kappa shape index (κ1) is 11.5. The Morgan fingerprint density at radius 3 is 2.23 bits per heavy atom. The lowest BCUT2D eigenvalue weighted by Gasteiger charge is -2.00. The Labute approximate surface area is 78.7 Å². The molecule has 0 spiro atoms. The van der Waals surface area contributed by atoms with Crippen molar-refractivity contribution in [1.82, 2.24) is 5.32 Å². The molecule has 72 valence electrons. The van der Waals surface area contributed by atoms with Crippen LogP contribution in [0, 0.1) is 0 Å². The third-order valence-electron chi connectivity index (χ3n) is 1.16. The van der Waals surface area contributed by atoms with Crippen LogP contribution in [-0.2, 0) is 0 Å². The highest BCUT2D eigenvalue weighted by Crippen LogP contribution is 2.07. The molecular weight excluding hydrogens is 166 g/mol. The van der Waals surface area contributed by atoms with Gasteiger partial charge in [-0.2, -0.15) is 0 Å². The molecule has 0 heterocycles. The predicted molar refractivity (Wildman–Crippen MR) is 52.9 cm³/mol. The normalized spacial score (nSPS) is 7.92. The van der Waals surface area contributed by atoms with Gasteiger partial charge in [-0.3, -0.25) is 0 Å². The van der Waals surface area contributed by atoms with Gasteiger partial charge in [-0.05, 0) is 12.1 Å². The minimum atomic E-state index is -0.448. The van der Waals surface area contributed by atoms with Crippen molar-refractivity contribution in [3.63, 3.8) is 0 Å². The van der Waals surface area contributed by atoms with Gasteiger partial charge in [-0.15, -0.1) is 0 Å². The highest BCUT2D eigenvalue weighted by molar-refractivity contribution is 5.69. The number of carbonyl (C=O) groups is 1. The van der Waals surface area contributed by atoms with Crippen LogP contribution in [0.2, 0.25) is 0 Å². The van der Waals surface area contributed by atoms with Gasteiger partial charge in [0.2, 0.25) is 0 Å². The summed E-state index contributed by atoms with van der Waals surface area (Å²) in [5.41, 5.74) is 0. The predicted octanol–water partition coefficient (Wildman–Crippen LogP) is 2.43. The lowest BCUT2D eigenvalue weighted by Crippen LogP contribution is -2.21. The van der Waals surface area contributed by atoms with E-state index < -0.39 is 6.09 Å². The van der Waals surface area contributed by atoms with Crippen LogP contribution < -0.4 is 10.1 Å². The summed E-state index contributed by atoms with van der Waals surface area (Å²) < 4.78 is 4.81. The second-order valence-corrected chi connectivity index (χ2v) is 1.95. The molecule has 0 radical (unpaired) electrons. The van der Waals surface area contributed by atoms with E-state index >= 15 is 0 Å². The van der Waals surface area contributed by atoms with E-state index in [4.69, 9.17) is 4.74 Å². The Kier molecular flexibility index (Phi) is 6.32. The van der Waals surface area contributed by atoms with Gasteiger partial charge in [0.1, 0.15) is 5.75 Å². The van der Waals surface area contributed by atoms with Crippen LogP contribution in [-0.4, -0.2) is 13.1 Å². The molecule has 13 heavy (non-hydrogen) atoms. The van der Waals surface area contributed by atoms with Gasteiger partial charge in [0.15, 0.2) is 0 Å². The van der Waals surface area contributed by atoms with Crippen LogP contribution >= 0.6 is 0 Å². The van der Waals surface area contributed by atoms with Crippen molar-refractivity contribution in [3.05, 3.63) is 30.3 Å². The molecule has 0 atom stereocenters. The van der Waals surface area contributed by atoms with Gasteiger partial charge in [-0.1, -0.05) is 32.0 Å². The third kappa shape index (κ3) is 4.85. The lowest BCUT2D eigenvalue weighted by molar-refractivity contribution is 0.203. The summed E-state index contributed by atoms with van der Waals surface area (Å²) in [5.74, 6) is 0.548. The highest BCUT2D eigenvalue weighted by atomic mass is 16.5. The first-order valence-electron chi connectivity index (χ1n) is 4.27.